The summed E-state index contributed by atoms with van der Waals surface area (Å²) < 4.78 is 0. The van der Waals surface area contributed by atoms with Crippen LogP contribution in [-0.4, -0.2) is 42.6 Å². The lowest BCUT2D eigenvalue weighted by Gasteiger charge is -2.20. The molecule has 5 nitrogen and oxygen atoms in total. The molecule has 1 saturated heterocycles. The van der Waals surface area contributed by atoms with Crippen LogP contribution in [0.2, 0.25) is 0 Å². The number of nitrogens with zero attached hydrogens (tertiary/aromatic N) is 3. The first-order valence-corrected chi connectivity index (χ1v) is 5.01. The molecule has 1 fully saturated rings. The maximum absolute atomic E-state index is 4.30. The van der Waals surface area contributed by atoms with Crippen LogP contribution >= 0.6 is 0 Å². The third kappa shape index (κ3) is 2.74. The molecule has 2 heterocycles. The molecule has 0 unspecified atom stereocenters. The zero-order valence-corrected chi connectivity index (χ0v) is 8.72. The molecule has 1 aliphatic heterocycles. The summed E-state index contributed by atoms with van der Waals surface area (Å²) in [5.41, 5.74) is 0.863. The fourth-order valence-electron chi connectivity index (χ4n) is 1.42. The Kier molecular flexibility index (Phi) is 3.26. The van der Waals surface area contributed by atoms with Gasteiger partial charge in [-0.05, 0) is 12.1 Å². The summed E-state index contributed by atoms with van der Waals surface area (Å²) in [5, 5.41) is 12.7. The van der Waals surface area contributed by atoms with E-state index in [0.717, 1.165) is 18.8 Å². The van der Waals surface area contributed by atoms with E-state index in [1.54, 1.807) is 12.4 Å². The molecule has 1 aromatic rings. The summed E-state index contributed by atoms with van der Waals surface area (Å²) in [6.45, 7) is 1.96. The van der Waals surface area contributed by atoms with Crippen LogP contribution in [0.3, 0.4) is 0 Å². The number of pyridine rings is 1. The van der Waals surface area contributed by atoms with Gasteiger partial charge >= 0.3 is 0 Å². The first-order chi connectivity index (χ1) is 7.36. The highest BCUT2D eigenvalue weighted by atomic mass is 15.6. The predicted molar refractivity (Wildman–Crippen MR) is 59.4 cm³/mol. The summed E-state index contributed by atoms with van der Waals surface area (Å²) in [5.74, 6) is 0. The van der Waals surface area contributed by atoms with E-state index in [-0.39, 0.29) is 6.29 Å². The molecule has 5 heteroatoms. The zero-order valence-electron chi connectivity index (χ0n) is 8.72. The van der Waals surface area contributed by atoms with Crippen LogP contribution in [0.25, 0.3) is 0 Å². The second kappa shape index (κ2) is 4.86. The average molecular weight is 205 g/mol. The number of hydrogen-bond acceptors (Lipinski definition) is 5. The van der Waals surface area contributed by atoms with Crippen LogP contribution in [0.5, 0.6) is 0 Å². The first kappa shape index (κ1) is 10.1. The summed E-state index contributed by atoms with van der Waals surface area (Å²) >= 11 is 0. The van der Waals surface area contributed by atoms with Crippen LogP contribution in [0.1, 0.15) is 5.69 Å². The van der Waals surface area contributed by atoms with Gasteiger partial charge < -0.3 is 0 Å². The lowest BCUT2D eigenvalue weighted by atomic mass is 10.4. The molecular formula is C10H15N5. The second-order valence-electron chi connectivity index (χ2n) is 3.38. The van der Waals surface area contributed by atoms with Gasteiger partial charge in [0.25, 0.3) is 0 Å². The summed E-state index contributed by atoms with van der Waals surface area (Å²) in [6, 6.07) is 5.76. The maximum atomic E-state index is 4.30. The van der Waals surface area contributed by atoms with E-state index in [1.165, 1.54) is 0 Å². The van der Waals surface area contributed by atoms with Crippen molar-refractivity contribution >= 4 is 6.21 Å². The normalized spacial score (nSPS) is 17.4. The molecule has 2 N–H and O–H groups in total. The van der Waals surface area contributed by atoms with Crippen molar-refractivity contribution in [2.75, 3.05) is 20.1 Å². The quantitative estimate of drug-likeness (QED) is 0.531. The summed E-state index contributed by atoms with van der Waals surface area (Å²) in [4.78, 5) is 4.16. The molecule has 0 spiro atoms. The molecule has 0 radical (unpaired) electrons. The Morgan fingerprint density at radius 3 is 2.93 bits per heavy atom. The van der Waals surface area contributed by atoms with Crippen LogP contribution in [0, 0.1) is 0 Å². The van der Waals surface area contributed by atoms with Crippen molar-refractivity contribution in [3.05, 3.63) is 30.1 Å². The average Bonchev–Trinajstić information content (AvgIpc) is 2.81. The van der Waals surface area contributed by atoms with Crippen LogP contribution < -0.4 is 10.6 Å². The van der Waals surface area contributed by atoms with Crippen molar-refractivity contribution in [3.8, 4) is 0 Å². The van der Waals surface area contributed by atoms with Crippen molar-refractivity contribution in [2.24, 2.45) is 5.10 Å². The van der Waals surface area contributed by atoms with Crippen molar-refractivity contribution in [1.29, 1.82) is 0 Å². The lowest BCUT2D eigenvalue weighted by molar-refractivity contribution is 0.215. The highest BCUT2D eigenvalue weighted by Crippen LogP contribution is 1.95. The Balaban J connectivity index is 1.93. The van der Waals surface area contributed by atoms with Crippen molar-refractivity contribution < 1.29 is 0 Å². The second-order valence-corrected chi connectivity index (χ2v) is 3.38. The fraction of sp³-hybridized carbons (Fsp3) is 0.400. The number of hydrazone groups is 1. The molecule has 0 aromatic carbocycles. The van der Waals surface area contributed by atoms with Gasteiger partial charge in [0.2, 0.25) is 0 Å². The summed E-state index contributed by atoms with van der Waals surface area (Å²) in [7, 11) is 1.93. The number of aromatic nitrogens is 1. The van der Waals surface area contributed by atoms with Gasteiger partial charge in [-0.3, -0.25) is 20.6 Å². The molecule has 0 saturated carbocycles. The van der Waals surface area contributed by atoms with Gasteiger partial charge in [0.05, 0.1) is 11.9 Å². The maximum Gasteiger partial charge on any atom is 0.150 e. The molecule has 1 aliphatic rings. The largest absolute Gasteiger partial charge is 0.282 e. The Hall–Kier alpha value is -1.46. The van der Waals surface area contributed by atoms with Gasteiger partial charge in [-0.1, -0.05) is 6.07 Å². The van der Waals surface area contributed by atoms with Gasteiger partial charge in [0, 0.05) is 26.3 Å². The van der Waals surface area contributed by atoms with Crippen LogP contribution in [0.15, 0.2) is 29.5 Å². The molecule has 2 rings (SSSR count). The van der Waals surface area contributed by atoms with E-state index in [1.807, 2.05) is 30.3 Å². The summed E-state index contributed by atoms with van der Waals surface area (Å²) in [6.07, 6.45) is 3.64. The topological polar surface area (TPSA) is 52.6 Å². The molecule has 0 atom stereocenters. The zero-order chi connectivity index (χ0) is 10.5. The Bertz CT molecular complexity index is 318. The van der Waals surface area contributed by atoms with Gasteiger partial charge in [-0.25, -0.2) is 0 Å². The van der Waals surface area contributed by atoms with Crippen molar-refractivity contribution in [2.45, 2.75) is 6.29 Å². The van der Waals surface area contributed by atoms with E-state index < -0.39 is 0 Å². The molecule has 0 aliphatic carbocycles. The molecule has 15 heavy (non-hydrogen) atoms. The van der Waals surface area contributed by atoms with Gasteiger partial charge in [-0.15, -0.1) is 0 Å². The SMILES string of the molecule is CN(/N=C/c1ccccn1)C1NCCN1. The Morgan fingerprint density at radius 1 is 1.47 bits per heavy atom. The van der Waals surface area contributed by atoms with Crippen molar-refractivity contribution in [1.82, 2.24) is 20.6 Å². The molecule has 1 aromatic heterocycles. The number of rotatable bonds is 3. The van der Waals surface area contributed by atoms with Gasteiger partial charge in [-0.2, -0.15) is 5.10 Å². The molecule has 0 amide bonds. The minimum absolute atomic E-state index is 0.130. The highest BCUT2D eigenvalue weighted by Gasteiger charge is 2.15. The van der Waals surface area contributed by atoms with Gasteiger partial charge in [0.15, 0.2) is 6.29 Å². The highest BCUT2D eigenvalue weighted by molar-refractivity contribution is 5.76. The van der Waals surface area contributed by atoms with Crippen LogP contribution in [0.4, 0.5) is 0 Å². The smallest absolute Gasteiger partial charge is 0.150 e. The Labute approximate surface area is 89.2 Å². The van der Waals surface area contributed by atoms with E-state index in [2.05, 4.69) is 20.7 Å². The molecular weight excluding hydrogens is 190 g/mol. The van der Waals surface area contributed by atoms with Crippen LogP contribution in [-0.2, 0) is 0 Å². The lowest BCUT2D eigenvalue weighted by Crippen LogP contribution is -2.43. The van der Waals surface area contributed by atoms with E-state index in [4.69, 9.17) is 0 Å². The standard InChI is InChI=1S/C10H15N5/c1-15(10-12-6-7-13-10)14-8-9-4-2-3-5-11-9/h2-5,8,10,12-13H,6-7H2,1H3/b14-8+. The predicted octanol–water partition coefficient (Wildman–Crippen LogP) is -0.176. The van der Waals surface area contributed by atoms with E-state index >= 15 is 0 Å². The minimum atomic E-state index is 0.130. The third-order valence-corrected chi connectivity index (χ3v) is 2.23. The fourth-order valence-corrected chi connectivity index (χ4v) is 1.42. The number of hydrogen-bond donors (Lipinski definition) is 2. The monoisotopic (exact) mass is 205 g/mol. The van der Waals surface area contributed by atoms with E-state index in [9.17, 15) is 0 Å². The first-order valence-electron chi connectivity index (χ1n) is 5.01. The Morgan fingerprint density at radius 2 is 2.27 bits per heavy atom. The minimum Gasteiger partial charge on any atom is -0.282 e. The number of nitrogens with one attached hydrogen (secondary N) is 2. The third-order valence-electron chi connectivity index (χ3n) is 2.23. The van der Waals surface area contributed by atoms with E-state index in [0.29, 0.717) is 0 Å². The molecule has 80 valence electrons. The van der Waals surface area contributed by atoms with Gasteiger partial charge in [0.1, 0.15) is 0 Å². The van der Waals surface area contributed by atoms with Crippen molar-refractivity contribution in [3.63, 3.8) is 0 Å². The molecule has 0 bridgehead atoms.